The van der Waals surface area contributed by atoms with Gasteiger partial charge in [0, 0.05) is 28.4 Å². The number of pyridine rings is 1. The highest BCUT2D eigenvalue weighted by molar-refractivity contribution is 7.99. The van der Waals surface area contributed by atoms with Crippen LogP contribution >= 0.6 is 11.8 Å². The Morgan fingerprint density at radius 1 is 1.16 bits per heavy atom. The van der Waals surface area contributed by atoms with Gasteiger partial charge in [-0.15, -0.1) is 11.8 Å². The van der Waals surface area contributed by atoms with Crippen LogP contribution in [0.15, 0.2) is 59.4 Å². The molecule has 1 aromatic heterocycles. The standard InChI is InChI=1S/C19H18N2O3S/c1-24-18-9-5-4-8-16(18)21-19(23)12-25-11-13-10-17(22)14-6-2-3-7-15(14)20-13/h2-10H,11-12H2,1H3,(H,20,22)(H,21,23). The van der Waals surface area contributed by atoms with Crippen molar-refractivity contribution in [1.29, 1.82) is 0 Å². The Hall–Kier alpha value is -2.73. The lowest BCUT2D eigenvalue weighted by atomic mass is 10.2. The molecule has 2 N–H and O–H groups in total. The molecule has 128 valence electrons. The summed E-state index contributed by atoms with van der Waals surface area (Å²) in [4.78, 5) is 27.4. The van der Waals surface area contributed by atoms with Crippen LogP contribution in [0.25, 0.3) is 10.9 Å². The van der Waals surface area contributed by atoms with E-state index >= 15 is 0 Å². The number of para-hydroxylation sites is 3. The van der Waals surface area contributed by atoms with Crippen LogP contribution in [0.4, 0.5) is 5.69 Å². The molecule has 0 unspecified atom stereocenters. The highest BCUT2D eigenvalue weighted by Gasteiger charge is 2.08. The smallest absolute Gasteiger partial charge is 0.234 e. The van der Waals surface area contributed by atoms with Gasteiger partial charge < -0.3 is 15.0 Å². The third-order valence-electron chi connectivity index (χ3n) is 3.66. The van der Waals surface area contributed by atoms with E-state index in [0.29, 0.717) is 22.6 Å². The lowest BCUT2D eigenvalue weighted by Gasteiger charge is -2.09. The molecular formula is C19H18N2O3S. The van der Waals surface area contributed by atoms with Gasteiger partial charge in [-0.2, -0.15) is 0 Å². The van der Waals surface area contributed by atoms with E-state index in [0.717, 1.165) is 11.2 Å². The van der Waals surface area contributed by atoms with E-state index in [-0.39, 0.29) is 17.1 Å². The van der Waals surface area contributed by atoms with Crippen LogP contribution in [0.5, 0.6) is 5.75 Å². The number of carbonyl (C=O) groups is 1. The largest absolute Gasteiger partial charge is 0.495 e. The minimum absolute atomic E-state index is 0.0107. The number of nitrogens with one attached hydrogen (secondary N) is 2. The number of benzene rings is 2. The van der Waals surface area contributed by atoms with Gasteiger partial charge in [0.1, 0.15) is 5.75 Å². The van der Waals surface area contributed by atoms with Crippen molar-refractivity contribution in [3.8, 4) is 5.75 Å². The molecule has 1 heterocycles. The molecule has 0 aliphatic carbocycles. The van der Waals surface area contributed by atoms with Crippen LogP contribution < -0.4 is 15.5 Å². The Kier molecular flexibility index (Phi) is 5.40. The van der Waals surface area contributed by atoms with Gasteiger partial charge in [-0.25, -0.2) is 0 Å². The van der Waals surface area contributed by atoms with Gasteiger partial charge >= 0.3 is 0 Å². The first kappa shape index (κ1) is 17.1. The molecule has 0 saturated carbocycles. The van der Waals surface area contributed by atoms with Gasteiger partial charge in [0.2, 0.25) is 5.91 Å². The summed E-state index contributed by atoms with van der Waals surface area (Å²) in [6, 6.07) is 16.3. The van der Waals surface area contributed by atoms with Crippen LogP contribution in [-0.4, -0.2) is 23.8 Å². The lowest BCUT2D eigenvalue weighted by molar-refractivity contribution is -0.113. The number of fused-ring (bicyclic) bond motifs is 1. The van der Waals surface area contributed by atoms with Crippen LogP contribution in [0.2, 0.25) is 0 Å². The summed E-state index contributed by atoms with van der Waals surface area (Å²) >= 11 is 1.44. The predicted molar refractivity (Wildman–Crippen MR) is 102 cm³/mol. The molecule has 3 rings (SSSR count). The number of ether oxygens (including phenoxy) is 1. The molecule has 0 bridgehead atoms. The fourth-order valence-corrected chi connectivity index (χ4v) is 3.25. The molecule has 3 aromatic rings. The fourth-order valence-electron chi connectivity index (χ4n) is 2.52. The van der Waals surface area contributed by atoms with Gasteiger partial charge in [-0.05, 0) is 24.3 Å². The third kappa shape index (κ3) is 4.22. The summed E-state index contributed by atoms with van der Waals surface area (Å²) in [6.45, 7) is 0. The molecule has 6 heteroatoms. The highest BCUT2D eigenvalue weighted by atomic mass is 32.2. The Morgan fingerprint density at radius 2 is 1.92 bits per heavy atom. The maximum atomic E-state index is 12.1. The van der Waals surface area contributed by atoms with Gasteiger partial charge in [0.15, 0.2) is 5.43 Å². The van der Waals surface area contributed by atoms with Crippen LogP contribution in [0, 0.1) is 0 Å². The minimum Gasteiger partial charge on any atom is -0.495 e. The average Bonchev–Trinajstić information content (AvgIpc) is 2.62. The second-order valence-corrected chi connectivity index (χ2v) is 6.43. The summed E-state index contributed by atoms with van der Waals surface area (Å²) in [6.07, 6.45) is 0. The van der Waals surface area contributed by atoms with E-state index in [4.69, 9.17) is 4.74 Å². The number of thioether (sulfide) groups is 1. The molecule has 0 radical (unpaired) electrons. The molecule has 0 aliphatic rings. The Bertz CT molecular complexity index is 953. The highest BCUT2D eigenvalue weighted by Crippen LogP contribution is 2.23. The number of carbonyl (C=O) groups excluding carboxylic acids is 1. The number of rotatable bonds is 6. The molecule has 0 atom stereocenters. The van der Waals surface area contributed by atoms with Crippen LogP contribution in [0.1, 0.15) is 5.69 Å². The Balaban J connectivity index is 1.59. The number of amides is 1. The number of methoxy groups -OCH3 is 1. The first-order valence-corrected chi connectivity index (χ1v) is 8.94. The molecule has 1 amide bonds. The van der Waals surface area contributed by atoms with Crippen molar-refractivity contribution in [2.75, 3.05) is 18.2 Å². The zero-order chi connectivity index (χ0) is 17.6. The molecule has 0 saturated heterocycles. The van der Waals surface area contributed by atoms with Gasteiger partial charge in [0.25, 0.3) is 0 Å². The third-order valence-corrected chi connectivity index (χ3v) is 4.65. The van der Waals surface area contributed by atoms with Crippen molar-refractivity contribution < 1.29 is 9.53 Å². The van der Waals surface area contributed by atoms with Gasteiger partial charge in [0.05, 0.1) is 18.6 Å². The summed E-state index contributed by atoms with van der Waals surface area (Å²) in [5.41, 5.74) is 2.25. The van der Waals surface area contributed by atoms with Crippen molar-refractivity contribution in [2.45, 2.75) is 5.75 Å². The summed E-state index contributed by atoms with van der Waals surface area (Å²) in [5.74, 6) is 1.35. The second kappa shape index (κ2) is 7.90. The fraction of sp³-hybridized carbons (Fsp3) is 0.158. The number of aromatic nitrogens is 1. The monoisotopic (exact) mass is 354 g/mol. The SMILES string of the molecule is COc1ccccc1NC(=O)CSCc1cc(=O)c2ccccc2[nH]1. The maximum Gasteiger partial charge on any atom is 0.234 e. The molecule has 25 heavy (non-hydrogen) atoms. The molecule has 0 fully saturated rings. The van der Waals surface area contributed by atoms with E-state index in [2.05, 4.69) is 10.3 Å². The summed E-state index contributed by atoms with van der Waals surface area (Å²) in [5, 5.41) is 3.50. The molecule has 5 nitrogen and oxygen atoms in total. The van der Waals surface area contributed by atoms with Crippen molar-refractivity contribution >= 4 is 34.3 Å². The van der Waals surface area contributed by atoms with Gasteiger partial charge in [-0.1, -0.05) is 24.3 Å². The quantitative estimate of drug-likeness (QED) is 0.712. The number of anilines is 1. The Morgan fingerprint density at radius 3 is 2.76 bits per heavy atom. The number of aromatic amines is 1. The van der Waals surface area contributed by atoms with E-state index in [1.807, 2.05) is 30.3 Å². The normalized spacial score (nSPS) is 10.6. The Labute approximate surface area is 149 Å². The van der Waals surface area contributed by atoms with E-state index in [1.165, 1.54) is 11.8 Å². The van der Waals surface area contributed by atoms with Crippen molar-refractivity contribution in [1.82, 2.24) is 4.98 Å². The molecule has 0 spiro atoms. The predicted octanol–water partition coefficient (Wildman–Crippen LogP) is 3.41. The molecular weight excluding hydrogens is 336 g/mol. The first-order chi connectivity index (χ1) is 12.2. The lowest BCUT2D eigenvalue weighted by Crippen LogP contribution is -2.15. The van der Waals surface area contributed by atoms with Crippen LogP contribution in [0.3, 0.4) is 0 Å². The number of H-pyrrole nitrogens is 1. The van der Waals surface area contributed by atoms with E-state index in [9.17, 15) is 9.59 Å². The topological polar surface area (TPSA) is 71.2 Å². The second-order valence-electron chi connectivity index (χ2n) is 5.45. The molecule has 2 aromatic carbocycles. The summed E-state index contributed by atoms with van der Waals surface area (Å²) < 4.78 is 5.21. The first-order valence-electron chi connectivity index (χ1n) is 7.79. The number of hydrogen-bond donors (Lipinski definition) is 2. The zero-order valence-corrected chi connectivity index (χ0v) is 14.6. The van der Waals surface area contributed by atoms with Crippen LogP contribution in [-0.2, 0) is 10.5 Å². The average molecular weight is 354 g/mol. The van der Waals surface area contributed by atoms with Gasteiger partial charge in [-0.3, -0.25) is 9.59 Å². The maximum absolute atomic E-state index is 12.1. The minimum atomic E-state index is -0.113. The van der Waals surface area contributed by atoms with Crippen molar-refractivity contribution in [3.63, 3.8) is 0 Å². The summed E-state index contributed by atoms with van der Waals surface area (Å²) in [7, 11) is 1.57. The number of hydrogen-bond acceptors (Lipinski definition) is 4. The van der Waals surface area contributed by atoms with E-state index < -0.39 is 0 Å². The van der Waals surface area contributed by atoms with Crippen molar-refractivity contribution in [3.05, 3.63) is 70.5 Å². The zero-order valence-electron chi connectivity index (χ0n) is 13.7. The molecule has 0 aliphatic heterocycles. The van der Waals surface area contributed by atoms with E-state index in [1.54, 1.807) is 31.4 Å². The van der Waals surface area contributed by atoms with Crippen molar-refractivity contribution in [2.24, 2.45) is 0 Å².